The van der Waals surface area contributed by atoms with Gasteiger partial charge in [-0.2, -0.15) is 0 Å². The number of likely N-dealkylation sites (tertiary alicyclic amines) is 1. The van der Waals surface area contributed by atoms with Gasteiger partial charge in [0.2, 0.25) is 5.91 Å². The molecular weight excluding hydrogens is 356 g/mol. The molecular formula is C21H28N4O3. The number of carbonyl (C=O) groups excluding carboxylic acids is 2. The zero-order chi connectivity index (χ0) is 20.3. The number of rotatable bonds is 5. The standard InChI is InChI=1S/C21H28N4O3/c1-13(2)18(24-21(27)28-4)20(26)25-11-5-6-17(25)19-22-12-16(23-19)15-9-7-14(3)8-10-15/h7-10,12-13,17-18H,5-6,11H2,1-4H3,(H,22,23)(H,24,27)/t17-,18-/m0/s1. The van der Waals surface area contributed by atoms with Crippen LogP contribution in [0.4, 0.5) is 4.79 Å². The molecule has 1 saturated heterocycles. The first-order valence-corrected chi connectivity index (χ1v) is 9.68. The van der Waals surface area contributed by atoms with Gasteiger partial charge in [0.15, 0.2) is 0 Å². The highest BCUT2D eigenvalue weighted by molar-refractivity contribution is 5.86. The van der Waals surface area contributed by atoms with Crippen molar-refractivity contribution < 1.29 is 14.3 Å². The Morgan fingerprint density at radius 1 is 1.29 bits per heavy atom. The highest BCUT2D eigenvalue weighted by Gasteiger charge is 2.37. The Bertz CT molecular complexity index is 828. The van der Waals surface area contributed by atoms with Crippen LogP contribution in [-0.2, 0) is 9.53 Å². The van der Waals surface area contributed by atoms with E-state index in [0.717, 1.165) is 29.9 Å². The van der Waals surface area contributed by atoms with Crippen molar-refractivity contribution in [3.8, 4) is 11.3 Å². The van der Waals surface area contributed by atoms with E-state index in [4.69, 9.17) is 4.98 Å². The Labute approximate surface area is 165 Å². The quantitative estimate of drug-likeness (QED) is 0.827. The average Bonchev–Trinajstić information content (AvgIpc) is 3.34. The summed E-state index contributed by atoms with van der Waals surface area (Å²) >= 11 is 0. The third kappa shape index (κ3) is 4.18. The summed E-state index contributed by atoms with van der Waals surface area (Å²) in [6.45, 7) is 6.52. The highest BCUT2D eigenvalue weighted by Crippen LogP contribution is 2.32. The van der Waals surface area contributed by atoms with Crippen LogP contribution in [0.3, 0.4) is 0 Å². The van der Waals surface area contributed by atoms with Gasteiger partial charge < -0.3 is 19.9 Å². The van der Waals surface area contributed by atoms with Crippen molar-refractivity contribution >= 4 is 12.0 Å². The summed E-state index contributed by atoms with van der Waals surface area (Å²) in [5, 5.41) is 2.67. The number of amides is 2. The van der Waals surface area contributed by atoms with Gasteiger partial charge in [-0.1, -0.05) is 43.7 Å². The summed E-state index contributed by atoms with van der Waals surface area (Å²) in [6, 6.07) is 7.46. The molecule has 0 saturated carbocycles. The van der Waals surface area contributed by atoms with E-state index in [1.807, 2.05) is 37.1 Å². The Kier molecular flexibility index (Phi) is 6.02. The van der Waals surface area contributed by atoms with E-state index >= 15 is 0 Å². The minimum atomic E-state index is -0.625. The Morgan fingerprint density at radius 2 is 2.00 bits per heavy atom. The number of hydrogen-bond donors (Lipinski definition) is 2. The van der Waals surface area contributed by atoms with E-state index in [1.165, 1.54) is 12.7 Å². The number of methoxy groups -OCH3 is 1. The van der Waals surface area contributed by atoms with E-state index < -0.39 is 12.1 Å². The molecule has 1 aromatic carbocycles. The first-order valence-electron chi connectivity index (χ1n) is 9.68. The van der Waals surface area contributed by atoms with E-state index in [2.05, 4.69) is 34.1 Å². The maximum absolute atomic E-state index is 13.2. The normalized spacial score (nSPS) is 17.6. The molecule has 0 aliphatic carbocycles. The van der Waals surface area contributed by atoms with Crippen molar-refractivity contribution in [3.05, 3.63) is 41.9 Å². The van der Waals surface area contributed by atoms with Gasteiger partial charge in [-0.3, -0.25) is 4.79 Å². The maximum Gasteiger partial charge on any atom is 0.407 e. The van der Waals surface area contributed by atoms with Crippen molar-refractivity contribution in [2.45, 2.75) is 45.7 Å². The minimum Gasteiger partial charge on any atom is -0.453 e. The van der Waals surface area contributed by atoms with Crippen molar-refractivity contribution in [3.63, 3.8) is 0 Å². The first kappa shape index (κ1) is 19.9. The molecule has 2 N–H and O–H groups in total. The molecule has 1 aliphatic heterocycles. The number of alkyl carbamates (subject to hydrolysis) is 1. The van der Waals surface area contributed by atoms with Gasteiger partial charge in [0, 0.05) is 18.3 Å². The minimum absolute atomic E-state index is 0.0485. The van der Waals surface area contributed by atoms with Crippen LogP contribution in [-0.4, -0.2) is 46.6 Å². The van der Waals surface area contributed by atoms with Crippen LogP contribution in [0.2, 0.25) is 0 Å². The van der Waals surface area contributed by atoms with E-state index in [0.29, 0.717) is 6.54 Å². The summed E-state index contributed by atoms with van der Waals surface area (Å²) < 4.78 is 4.68. The summed E-state index contributed by atoms with van der Waals surface area (Å²) in [6.07, 6.45) is 3.03. The van der Waals surface area contributed by atoms with Crippen molar-refractivity contribution in [1.29, 1.82) is 0 Å². The van der Waals surface area contributed by atoms with Gasteiger partial charge >= 0.3 is 6.09 Å². The second-order valence-electron chi connectivity index (χ2n) is 7.58. The number of aromatic nitrogens is 2. The number of hydrogen-bond acceptors (Lipinski definition) is 4. The second-order valence-corrected chi connectivity index (χ2v) is 7.58. The Morgan fingerprint density at radius 3 is 2.64 bits per heavy atom. The van der Waals surface area contributed by atoms with Crippen LogP contribution in [0, 0.1) is 12.8 Å². The third-order valence-corrected chi connectivity index (χ3v) is 5.19. The molecule has 0 unspecified atom stereocenters. The predicted octanol–water partition coefficient (Wildman–Crippen LogP) is 3.43. The van der Waals surface area contributed by atoms with Crippen molar-refractivity contribution in [1.82, 2.24) is 20.2 Å². The molecule has 2 heterocycles. The zero-order valence-corrected chi connectivity index (χ0v) is 16.9. The molecule has 1 aromatic heterocycles. The maximum atomic E-state index is 13.2. The zero-order valence-electron chi connectivity index (χ0n) is 16.9. The third-order valence-electron chi connectivity index (χ3n) is 5.19. The number of nitrogens with one attached hydrogen (secondary N) is 2. The molecule has 0 bridgehead atoms. The lowest BCUT2D eigenvalue weighted by molar-refractivity contribution is -0.135. The molecule has 2 amide bonds. The molecule has 0 radical (unpaired) electrons. The number of nitrogens with zero attached hydrogens (tertiary/aromatic N) is 2. The number of carbonyl (C=O) groups is 2. The van der Waals surface area contributed by atoms with Crippen molar-refractivity contribution in [2.24, 2.45) is 5.92 Å². The van der Waals surface area contributed by atoms with Crippen LogP contribution < -0.4 is 5.32 Å². The molecule has 0 spiro atoms. The molecule has 7 heteroatoms. The molecule has 3 rings (SSSR count). The highest BCUT2D eigenvalue weighted by atomic mass is 16.5. The smallest absolute Gasteiger partial charge is 0.407 e. The molecule has 1 fully saturated rings. The van der Waals surface area contributed by atoms with Crippen LogP contribution in [0.15, 0.2) is 30.5 Å². The molecule has 7 nitrogen and oxygen atoms in total. The molecule has 28 heavy (non-hydrogen) atoms. The summed E-state index contributed by atoms with van der Waals surface area (Å²) in [4.78, 5) is 34.6. The lowest BCUT2D eigenvalue weighted by Crippen LogP contribution is -2.51. The Hall–Kier alpha value is -2.83. The lowest BCUT2D eigenvalue weighted by Gasteiger charge is -2.29. The van der Waals surface area contributed by atoms with Crippen LogP contribution in [0.25, 0.3) is 11.3 Å². The second kappa shape index (κ2) is 8.46. The number of ether oxygens (including phenoxy) is 1. The van der Waals surface area contributed by atoms with Crippen LogP contribution in [0.1, 0.15) is 44.1 Å². The monoisotopic (exact) mass is 384 g/mol. The van der Waals surface area contributed by atoms with Gasteiger partial charge in [-0.15, -0.1) is 0 Å². The number of aryl methyl sites for hydroxylation is 1. The number of H-pyrrole nitrogens is 1. The number of aromatic amines is 1. The summed E-state index contributed by atoms with van der Waals surface area (Å²) in [5.74, 6) is 0.630. The molecule has 150 valence electrons. The fourth-order valence-corrected chi connectivity index (χ4v) is 3.57. The topological polar surface area (TPSA) is 87.3 Å². The average molecular weight is 384 g/mol. The fraction of sp³-hybridized carbons (Fsp3) is 0.476. The predicted molar refractivity (Wildman–Crippen MR) is 107 cm³/mol. The van der Waals surface area contributed by atoms with Gasteiger partial charge in [0.25, 0.3) is 0 Å². The van der Waals surface area contributed by atoms with E-state index in [1.54, 1.807) is 0 Å². The lowest BCUT2D eigenvalue weighted by atomic mass is 10.0. The molecule has 1 aliphatic rings. The fourth-order valence-electron chi connectivity index (χ4n) is 3.57. The number of imidazole rings is 1. The van der Waals surface area contributed by atoms with Gasteiger partial charge in [-0.05, 0) is 25.7 Å². The van der Waals surface area contributed by atoms with Crippen LogP contribution >= 0.6 is 0 Å². The molecule has 2 atom stereocenters. The van der Waals surface area contributed by atoms with Gasteiger partial charge in [-0.25, -0.2) is 9.78 Å². The van der Waals surface area contributed by atoms with Gasteiger partial charge in [0.1, 0.15) is 11.9 Å². The van der Waals surface area contributed by atoms with E-state index in [9.17, 15) is 9.59 Å². The SMILES string of the molecule is COC(=O)N[C@H](C(=O)N1CCC[C@H]1c1nc(-c2ccc(C)cc2)c[nH]1)C(C)C. The summed E-state index contributed by atoms with van der Waals surface area (Å²) in [5.41, 5.74) is 3.10. The Balaban J connectivity index is 1.79. The summed E-state index contributed by atoms with van der Waals surface area (Å²) in [7, 11) is 1.30. The molecule has 2 aromatic rings. The van der Waals surface area contributed by atoms with Crippen LogP contribution in [0.5, 0.6) is 0 Å². The van der Waals surface area contributed by atoms with Gasteiger partial charge in [0.05, 0.1) is 18.8 Å². The van der Waals surface area contributed by atoms with Crippen molar-refractivity contribution in [2.75, 3.05) is 13.7 Å². The number of benzene rings is 1. The van der Waals surface area contributed by atoms with E-state index in [-0.39, 0.29) is 17.9 Å². The largest absolute Gasteiger partial charge is 0.453 e. The first-order chi connectivity index (χ1) is 13.4.